The van der Waals surface area contributed by atoms with E-state index in [0.29, 0.717) is 0 Å². The molecule has 0 N–H and O–H groups in total. The molecule has 0 radical (unpaired) electrons. The molecule has 0 saturated heterocycles. The van der Waals surface area contributed by atoms with Gasteiger partial charge in [0.15, 0.2) is 0 Å². The smallest absolute Gasteiger partial charge is 0.229 e. The monoisotopic (exact) mass is 278 g/mol. The normalized spacial score (nSPS) is 20.0. The van der Waals surface area contributed by atoms with Crippen LogP contribution in [0.2, 0.25) is 0 Å². The van der Waals surface area contributed by atoms with Crippen LogP contribution in [-0.4, -0.2) is 42.6 Å². The van der Waals surface area contributed by atoms with Crippen molar-refractivity contribution in [3.8, 4) is 0 Å². The Hall–Kier alpha value is -0.640. The van der Waals surface area contributed by atoms with E-state index in [9.17, 15) is 0 Å². The molecule has 1 heterocycles. The van der Waals surface area contributed by atoms with E-state index in [1.54, 1.807) is 0 Å². The van der Waals surface area contributed by atoms with Crippen molar-refractivity contribution in [2.45, 2.75) is 0 Å². The predicted molar refractivity (Wildman–Crippen MR) is 69.4 cm³/mol. The molecule has 1 aliphatic rings. The van der Waals surface area contributed by atoms with E-state index in [1.807, 2.05) is 27.0 Å². The maximum atomic E-state index is 8.80. The number of dihydropyridines is 1. The topological polar surface area (TPSA) is 47.0 Å². The Balaban J connectivity index is 3.35. The van der Waals surface area contributed by atoms with E-state index in [1.165, 1.54) is 0 Å². The standard InChI is InChI=1S/C9H9Cl3N4/c1-16(2,3)15-9-7(11)6(10)5(4-13)8(12)14-9/h1-3H3/b15-9-. The molecule has 0 aliphatic carbocycles. The van der Waals surface area contributed by atoms with Crippen molar-refractivity contribution in [3.05, 3.63) is 21.0 Å². The van der Waals surface area contributed by atoms with Crippen LogP contribution in [0.25, 0.3) is 5.41 Å². The third kappa shape index (κ3) is 2.94. The quantitative estimate of drug-likeness (QED) is 0.402. The molecule has 0 aromatic carbocycles. The van der Waals surface area contributed by atoms with Gasteiger partial charge >= 0.3 is 0 Å². The van der Waals surface area contributed by atoms with Gasteiger partial charge in [-0.3, -0.25) is 5.87 Å². The molecule has 7 heteroatoms. The summed E-state index contributed by atoms with van der Waals surface area (Å²) in [6.45, 7) is 0. The SMILES string of the molecule is C[N+](C)(C)/N=C1\N=C(Cl)C(=C=[N-])C(Cl)=C1Cl. The van der Waals surface area contributed by atoms with Crippen LogP contribution in [0.15, 0.2) is 25.7 Å². The van der Waals surface area contributed by atoms with E-state index in [2.05, 4.69) is 10.1 Å². The zero-order chi connectivity index (χ0) is 12.5. The molecule has 0 fully saturated rings. The van der Waals surface area contributed by atoms with Crippen LogP contribution >= 0.6 is 34.8 Å². The lowest BCUT2D eigenvalue weighted by atomic mass is 10.2. The summed E-state index contributed by atoms with van der Waals surface area (Å²) in [5.74, 6) is 2.06. The number of rotatable bonds is 1. The molecule has 0 amide bonds. The van der Waals surface area contributed by atoms with Gasteiger partial charge in [-0.25, -0.2) is 9.58 Å². The van der Waals surface area contributed by atoms with E-state index in [4.69, 9.17) is 40.2 Å². The van der Waals surface area contributed by atoms with Gasteiger partial charge in [-0.1, -0.05) is 39.9 Å². The van der Waals surface area contributed by atoms with Crippen LogP contribution in [0.4, 0.5) is 0 Å². The summed E-state index contributed by atoms with van der Waals surface area (Å²) in [4.78, 5) is 3.93. The first-order valence-electron chi connectivity index (χ1n) is 4.25. The van der Waals surface area contributed by atoms with Crippen LogP contribution in [0.1, 0.15) is 0 Å². The molecule has 16 heavy (non-hydrogen) atoms. The second-order valence-electron chi connectivity index (χ2n) is 3.88. The number of quaternary nitrogens is 1. The molecule has 0 unspecified atom stereocenters. The molecule has 0 aromatic heterocycles. The van der Waals surface area contributed by atoms with Crippen LogP contribution in [-0.2, 0) is 0 Å². The molecular formula is C9H9Cl3N4. The summed E-state index contributed by atoms with van der Waals surface area (Å²) in [5, 5.41) is 13.2. The van der Waals surface area contributed by atoms with Gasteiger partial charge in [-0.15, -0.1) is 0 Å². The Morgan fingerprint density at radius 1 is 1.19 bits per heavy atom. The number of aliphatic imine (C=N–C) groups is 1. The Kier molecular flexibility index (Phi) is 3.94. The van der Waals surface area contributed by atoms with E-state index >= 15 is 0 Å². The highest BCUT2D eigenvalue weighted by atomic mass is 35.5. The average molecular weight is 280 g/mol. The minimum Gasteiger partial charge on any atom is -0.763 e. The summed E-state index contributed by atoms with van der Waals surface area (Å²) in [6, 6.07) is 0. The molecule has 4 nitrogen and oxygen atoms in total. The van der Waals surface area contributed by atoms with Crippen molar-refractivity contribution in [1.29, 1.82) is 0 Å². The highest BCUT2D eigenvalue weighted by Gasteiger charge is 2.24. The van der Waals surface area contributed by atoms with Crippen LogP contribution < -0.4 is 0 Å². The van der Waals surface area contributed by atoms with E-state index in [-0.39, 0.29) is 31.2 Å². The molecule has 1 rings (SSSR count). The van der Waals surface area contributed by atoms with Crippen LogP contribution in [0, 0.1) is 0 Å². The van der Waals surface area contributed by atoms with Gasteiger partial charge in [0.1, 0.15) is 10.2 Å². The summed E-state index contributed by atoms with van der Waals surface area (Å²) in [6.07, 6.45) is 0. The number of halogens is 3. The first-order chi connectivity index (χ1) is 7.26. The summed E-state index contributed by atoms with van der Waals surface area (Å²) in [7, 11) is 5.49. The molecule has 0 atom stereocenters. The van der Waals surface area contributed by atoms with E-state index in [0.717, 1.165) is 0 Å². The van der Waals surface area contributed by atoms with Gasteiger partial charge in [-0.2, -0.15) is 0 Å². The minimum atomic E-state index is 0.00380. The van der Waals surface area contributed by atoms with Gasteiger partial charge in [0.25, 0.3) is 0 Å². The fourth-order valence-corrected chi connectivity index (χ4v) is 1.60. The average Bonchev–Trinajstić information content (AvgIpc) is 2.12. The zero-order valence-corrected chi connectivity index (χ0v) is 11.2. The predicted octanol–water partition coefficient (Wildman–Crippen LogP) is 2.51. The fourth-order valence-electron chi connectivity index (χ4n) is 0.942. The van der Waals surface area contributed by atoms with Crippen molar-refractivity contribution in [3.63, 3.8) is 0 Å². The second kappa shape index (κ2) is 4.70. The van der Waals surface area contributed by atoms with Crippen molar-refractivity contribution >= 4 is 51.7 Å². The second-order valence-corrected chi connectivity index (χ2v) is 5.00. The minimum absolute atomic E-state index is 0.00380. The molecule has 0 saturated carbocycles. The van der Waals surface area contributed by atoms with Gasteiger partial charge in [0, 0.05) is 0 Å². The summed E-state index contributed by atoms with van der Waals surface area (Å²) >= 11 is 17.6. The molecule has 0 spiro atoms. The third-order valence-corrected chi connectivity index (χ3v) is 2.63. The maximum Gasteiger partial charge on any atom is 0.229 e. The van der Waals surface area contributed by atoms with Gasteiger partial charge in [0.05, 0.1) is 31.7 Å². The van der Waals surface area contributed by atoms with Crippen molar-refractivity contribution in [1.82, 2.24) is 0 Å². The lowest BCUT2D eigenvalue weighted by molar-refractivity contribution is -0.877. The third-order valence-electron chi connectivity index (χ3n) is 1.53. The molecular weight excluding hydrogens is 270 g/mol. The summed E-state index contributed by atoms with van der Waals surface area (Å²) in [5.41, 5.74) is 0.0636. The maximum absolute atomic E-state index is 8.80. The number of nitrogens with zero attached hydrogens (tertiary/aromatic N) is 4. The Morgan fingerprint density at radius 3 is 2.19 bits per heavy atom. The highest BCUT2D eigenvalue weighted by molar-refractivity contribution is 6.74. The Morgan fingerprint density at radius 2 is 1.75 bits per heavy atom. The van der Waals surface area contributed by atoms with Crippen LogP contribution in [0.5, 0.6) is 0 Å². The number of allylic oxidation sites excluding steroid dienone is 2. The number of amidine groups is 1. The molecule has 0 aromatic rings. The van der Waals surface area contributed by atoms with Crippen molar-refractivity contribution in [2.75, 3.05) is 21.1 Å². The lowest BCUT2D eigenvalue weighted by Gasteiger charge is -2.18. The Bertz CT molecular complexity index is 462. The first-order valence-corrected chi connectivity index (χ1v) is 5.39. The van der Waals surface area contributed by atoms with Gasteiger partial charge < -0.3 is 5.41 Å². The Labute approximate surface area is 109 Å². The zero-order valence-electron chi connectivity index (χ0n) is 8.92. The fraction of sp³-hybridized carbons (Fsp3) is 0.333. The number of hydrogen-bond acceptors (Lipinski definition) is 1. The first kappa shape index (κ1) is 13.4. The molecule has 86 valence electrons. The van der Waals surface area contributed by atoms with Crippen molar-refractivity contribution < 1.29 is 4.59 Å². The molecule has 0 bridgehead atoms. The molecule has 1 aliphatic heterocycles. The van der Waals surface area contributed by atoms with E-state index < -0.39 is 0 Å². The largest absolute Gasteiger partial charge is 0.763 e. The summed E-state index contributed by atoms with van der Waals surface area (Å²) < 4.78 is 0.269. The van der Waals surface area contributed by atoms with Gasteiger partial charge in [-0.05, 0) is 0 Å². The lowest BCUT2D eigenvalue weighted by Crippen LogP contribution is -2.29. The highest BCUT2D eigenvalue weighted by Crippen LogP contribution is 2.29. The van der Waals surface area contributed by atoms with Crippen LogP contribution in [0.3, 0.4) is 0 Å². The van der Waals surface area contributed by atoms with Crippen molar-refractivity contribution in [2.24, 2.45) is 10.1 Å². The van der Waals surface area contributed by atoms with Gasteiger partial charge in [0.2, 0.25) is 5.84 Å². The number of hydrogen-bond donors (Lipinski definition) is 0.